The molecule has 0 unspecified atom stereocenters. The van der Waals surface area contributed by atoms with Crippen LogP contribution in [0, 0.1) is 0 Å². The van der Waals surface area contributed by atoms with Gasteiger partial charge in [0, 0.05) is 6.61 Å². The van der Waals surface area contributed by atoms with E-state index < -0.39 is 0 Å². The molecule has 0 aliphatic carbocycles. The minimum atomic E-state index is 0.514. The van der Waals surface area contributed by atoms with Crippen molar-refractivity contribution in [3.63, 3.8) is 0 Å². The number of rotatable bonds is 5. The Morgan fingerprint density at radius 3 is 2.67 bits per heavy atom. The van der Waals surface area contributed by atoms with Crippen LogP contribution in [0.5, 0.6) is 0 Å². The van der Waals surface area contributed by atoms with Gasteiger partial charge in [0.25, 0.3) is 9.76 Å². The van der Waals surface area contributed by atoms with Gasteiger partial charge in [0.15, 0.2) is 0 Å². The highest BCUT2D eigenvalue weighted by Crippen LogP contribution is 1.87. The Morgan fingerprint density at radius 1 is 1.25 bits per heavy atom. The van der Waals surface area contributed by atoms with Gasteiger partial charge in [-0.3, -0.25) is 0 Å². The Labute approximate surface area is 76.7 Å². The maximum atomic E-state index is 5.49. The predicted octanol–water partition coefficient (Wildman–Crippen LogP) is 1.75. The molecule has 2 radical (unpaired) electrons. The first-order chi connectivity index (χ1) is 5.93. The normalized spacial score (nSPS) is 10.1. The zero-order valence-electron chi connectivity index (χ0n) is 7.42. The van der Waals surface area contributed by atoms with Crippen LogP contribution in [0.1, 0.15) is 19.8 Å². The molecule has 0 aliphatic rings. The molecule has 1 rings (SSSR count). The fraction of sp³-hybridized carbons (Fsp3) is 0.400. The van der Waals surface area contributed by atoms with Crippen molar-refractivity contribution in [1.29, 1.82) is 0 Å². The van der Waals surface area contributed by atoms with Gasteiger partial charge in [-0.05, 0) is 11.6 Å². The summed E-state index contributed by atoms with van der Waals surface area (Å²) in [4.78, 5) is 0. The molecule has 0 saturated heterocycles. The van der Waals surface area contributed by atoms with Crippen LogP contribution in [0.3, 0.4) is 0 Å². The lowest BCUT2D eigenvalue weighted by molar-refractivity contribution is 0.332. The molecular formula is C10H14OSi. The molecular weight excluding hydrogens is 164 g/mol. The summed E-state index contributed by atoms with van der Waals surface area (Å²) in [6.07, 6.45) is 2.37. The smallest absolute Gasteiger partial charge is 0.268 e. The van der Waals surface area contributed by atoms with Crippen LogP contribution >= 0.6 is 0 Å². The fourth-order valence-electron chi connectivity index (χ4n) is 0.857. The monoisotopic (exact) mass is 178 g/mol. The molecule has 12 heavy (non-hydrogen) atoms. The van der Waals surface area contributed by atoms with Gasteiger partial charge in [0.2, 0.25) is 0 Å². The summed E-state index contributed by atoms with van der Waals surface area (Å²) < 4.78 is 5.49. The maximum absolute atomic E-state index is 5.49. The highest BCUT2D eigenvalue weighted by atomic mass is 28.2. The van der Waals surface area contributed by atoms with Crippen LogP contribution < -0.4 is 5.19 Å². The van der Waals surface area contributed by atoms with E-state index in [-0.39, 0.29) is 0 Å². The van der Waals surface area contributed by atoms with E-state index >= 15 is 0 Å². The third kappa shape index (κ3) is 3.69. The van der Waals surface area contributed by atoms with Crippen molar-refractivity contribution in [1.82, 2.24) is 0 Å². The van der Waals surface area contributed by atoms with Crippen LogP contribution in [-0.4, -0.2) is 16.4 Å². The predicted molar refractivity (Wildman–Crippen MR) is 52.7 cm³/mol. The zero-order chi connectivity index (χ0) is 8.65. The summed E-state index contributed by atoms with van der Waals surface area (Å²) in [5.41, 5.74) is 0. The van der Waals surface area contributed by atoms with E-state index in [9.17, 15) is 0 Å². The van der Waals surface area contributed by atoms with Crippen LogP contribution in [0.2, 0.25) is 0 Å². The Balaban J connectivity index is 2.16. The van der Waals surface area contributed by atoms with Crippen LogP contribution in [0.4, 0.5) is 0 Å². The fourth-order valence-corrected chi connectivity index (χ4v) is 1.60. The molecule has 1 nitrogen and oxygen atoms in total. The molecule has 0 atom stereocenters. The van der Waals surface area contributed by atoms with E-state index in [1.807, 2.05) is 18.2 Å². The number of benzene rings is 1. The van der Waals surface area contributed by atoms with Gasteiger partial charge < -0.3 is 4.43 Å². The average molecular weight is 178 g/mol. The van der Waals surface area contributed by atoms with Crippen LogP contribution in [0.15, 0.2) is 30.3 Å². The van der Waals surface area contributed by atoms with Gasteiger partial charge in [0.05, 0.1) is 0 Å². The summed E-state index contributed by atoms with van der Waals surface area (Å²) >= 11 is 0. The third-order valence-electron chi connectivity index (χ3n) is 1.56. The summed E-state index contributed by atoms with van der Waals surface area (Å²) in [6, 6.07) is 10.3. The molecule has 0 aliphatic heterocycles. The van der Waals surface area contributed by atoms with Gasteiger partial charge in [-0.1, -0.05) is 43.7 Å². The molecule has 2 heteroatoms. The second-order valence-corrected chi connectivity index (χ2v) is 3.74. The molecule has 0 spiro atoms. The molecule has 0 N–H and O–H groups in total. The van der Waals surface area contributed by atoms with Crippen molar-refractivity contribution in [3.8, 4) is 0 Å². The number of hydrogen-bond acceptors (Lipinski definition) is 1. The van der Waals surface area contributed by atoms with Crippen LogP contribution in [0.25, 0.3) is 0 Å². The van der Waals surface area contributed by atoms with Crippen molar-refractivity contribution in [2.24, 2.45) is 0 Å². The molecule has 1 aromatic rings. The van der Waals surface area contributed by atoms with Gasteiger partial charge in [-0.2, -0.15) is 0 Å². The van der Waals surface area contributed by atoms with Gasteiger partial charge in [0.1, 0.15) is 0 Å². The van der Waals surface area contributed by atoms with E-state index in [1.54, 1.807) is 0 Å². The van der Waals surface area contributed by atoms with E-state index in [4.69, 9.17) is 4.43 Å². The minimum absolute atomic E-state index is 0.514. The first kappa shape index (κ1) is 9.48. The molecule has 0 aromatic heterocycles. The van der Waals surface area contributed by atoms with E-state index in [0.717, 1.165) is 6.61 Å². The van der Waals surface area contributed by atoms with Gasteiger partial charge in [-0.25, -0.2) is 0 Å². The summed E-state index contributed by atoms with van der Waals surface area (Å²) in [5, 5.41) is 1.29. The lowest BCUT2D eigenvalue weighted by Gasteiger charge is -2.00. The highest BCUT2D eigenvalue weighted by Gasteiger charge is 1.93. The van der Waals surface area contributed by atoms with Crippen molar-refractivity contribution in [2.75, 3.05) is 6.61 Å². The SMILES string of the molecule is CCCCO[Si]c1ccccc1. The average Bonchev–Trinajstić information content (AvgIpc) is 2.14. The first-order valence-corrected chi connectivity index (χ1v) is 5.27. The molecule has 0 saturated carbocycles. The quantitative estimate of drug-likeness (QED) is 0.493. The Hall–Kier alpha value is -0.603. The van der Waals surface area contributed by atoms with E-state index in [1.165, 1.54) is 18.0 Å². The standard InChI is InChI=1S/C10H14OSi/c1-2-3-9-11-12-10-7-5-4-6-8-10/h4-8H,2-3,9H2,1H3. The molecule has 0 bridgehead atoms. The first-order valence-electron chi connectivity index (χ1n) is 4.36. The second kappa shape index (κ2) is 5.97. The molecule has 0 fully saturated rings. The maximum Gasteiger partial charge on any atom is 0.268 e. The Bertz CT molecular complexity index is 198. The van der Waals surface area contributed by atoms with Crippen molar-refractivity contribution in [3.05, 3.63) is 30.3 Å². The third-order valence-corrected chi connectivity index (χ3v) is 2.48. The molecule has 0 heterocycles. The van der Waals surface area contributed by atoms with Crippen molar-refractivity contribution >= 4 is 14.9 Å². The lowest BCUT2D eigenvalue weighted by Crippen LogP contribution is -2.17. The highest BCUT2D eigenvalue weighted by molar-refractivity contribution is 6.46. The van der Waals surface area contributed by atoms with Crippen molar-refractivity contribution in [2.45, 2.75) is 19.8 Å². The minimum Gasteiger partial charge on any atom is -0.411 e. The Kier molecular flexibility index (Phi) is 4.72. The van der Waals surface area contributed by atoms with Crippen LogP contribution in [-0.2, 0) is 4.43 Å². The summed E-state index contributed by atoms with van der Waals surface area (Å²) in [5.74, 6) is 0. The number of unbranched alkanes of at least 4 members (excludes halogenated alkanes) is 1. The van der Waals surface area contributed by atoms with E-state index in [2.05, 4.69) is 19.1 Å². The topological polar surface area (TPSA) is 9.23 Å². The molecule has 0 amide bonds. The van der Waals surface area contributed by atoms with Crippen molar-refractivity contribution < 1.29 is 4.43 Å². The zero-order valence-corrected chi connectivity index (χ0v) is 8.42. The lowest BCUT2D eigenvalue weighted by atomic mass is 10.4. The summed E-state index contributed by atoms with van der Waals surface area (Å²) in [7, 11) is 0.514. The summed E-state index contributed by atoms with van der Waals surface area (Å²) in [6.45, 7) is 3.07. The largest absolute Gasteiger partial charge is 0.411 e. The molecule has 64 valence electrons. The Morgan fingerprint density at radius 2 is 2.00 bits per heavy atom. The second-order valence-electron chi connectivity index (χ2n) is 2.67. The molecule has 1 aromatic carbocycles. The van der Waals surface area contributed by atoms with Gasteiger partial charge >= 0.3 is 0 Å². The number of hydrogen-bond donors (Lipinski definition) is 0. The van der Waals surface area contributed by atoms with Gasteiger partial charge in [-0.15, -0.1) is 0 Å². The van der Waals surface area contributed by atoms with E-state index in [0.29, 0.717) is 9.76 Å².